The summed E-state index contributed by atoms with van der Waals surface area (Å²) < 4.78 is 7.42. The number of fused-ring (bicyclic) bond motifs is 1. The topological polar surface area (TPSA) is 27.1 Å². The van der Waals surface area contributed by atoms with Crippen LogP contribution < -0.4 is 0 Å². The summed E-state index contributed by atoms with van der Waals surface area (Å²) >= 11 is 0. The van der Waals surface area contributed by atoms with Gasteiger partial charge in [0.1, 0.15) is 5.82 Å². The maximum absolute atomic E-state index is 5.21. The zero-order chi connectivity index (χ0) is 13.1. The number of imidazole rings is 1. The van der Waals surface area contributed by atoms with E-state index >= 15 is 0 Å². The van der Waals surface area contributed by atoms with Crippen LogP contribution in [0.1, 0.15) is 0 Å². The van der Waals surface area contributed by atoms with Crippen LogP contribution in [0.15, 0.2) is 54.6 Å². The third-order valence-corrected chi connectivity index (χ3v) is 3.21. The first kappa shape index (κ1) is 11.9. The van der Waals surface area contributed by atoms with Crippen LogP contribution >= 0.6 is 0 Å². The van der Waals surface area contributed by atoms with Gasteiger partial charge >= 0.3 is 0 Å². The van der Waals surface area contributed by atoms with Crippen molar-refractivity contribution in [1.29, 1.82) is 0 Å². The molecule has 0 aliphatic rings. The van der Waals surface area contributed by atoms with Gasteiger partial charge in [-0.05, 0) is 12.1 Å². The van der Waals surface area contributed by atoms with Crippen molar-refractivity contribution >= 4 is 11.0 Å². The fourth-order valence-corrected chi connectivity index (χ4v) is 2.29. The predicted molar refractivity (Wildman–Crippen MR) is 77.0 cm³/mol. The highest BCUT2D eigenvalue weighted by Gasteiger charge is 2.11. The third kappa shape index (κ3) is 2.25. The predicted octanol–water partition coefficient (Wildman–Crippen LogP) is 3.35. The van der Waals surface area contributed by atoms with Gasteiger partial charge in [0.2, 0.25) is 0 Å². The second kappa shape index (κ2) is 5.24. The minimum atomic E-state index is 0.681. The zero-order valence-electron chi connectivity index (χ0n) is 10.9. The molecule has 2 aromatic carbocycles. The highest BCUT2D eigenvalue weighted by molar-refractivity contribution is 5.80. The Bertz CT molecular complexity index is 674. The molecule has 0 spiro atoms. The second-order valence-electron chi connectivity index (χ2n) is 4.43. The van der Waals surface area contributed by atoms with E-state index in [-0.39, 0.29) is 0 Å². The highest BCUT2D eigenvalue weighted by Crippen LogP contribution is 2.24. The molecule has 0 fully saturated rings. The number of rotatable bonds is 4. The van der Waals surface area contributed by atoms with Crippen molar-refractivity contribution in [2.45, 2.75) is 6.54 Å². The lowest BCUT2D eigenvalue weighted by atomic mass is 10.2. The number of aromatic nitrogens is 2. The number of benzene rings is 2. The molecule has 19 heavy (non-hydrogen) atoms. The Morgan fingerprint density at radius 3 is 2.53 bits per heavy atom. The second-order valence-corrected chi connectivity index (χ2v) is 4.43. The van der Waals surface area contributed by atoms with Gasteiger partial charge in [-0.25, -0.2) is 4.98 Å². The molecular weight excluding hydrogens is 236 g/mol. The van der Waals surface area contributed by atoms with Gasteiger partial charge in [-0.2, -0.15) is 0 Å². The van der Waals surface area contributed by atoms with Gasteiger partial charge in [-0.15, -0.1) is 0 Å². The average Bonchev–Trinajstić information content (AvgIpc) is 2.85. The Kier molecular flexibility index (Phi) is 3.29. The summed E-state index contributed by atoms with van der Waals surface area (Å²) in [7, 11) is 1.72. The van der Waals surface area contributed by atoms with Gasteiger partial charge in [0, 0.05) is 19.2 Å². The Labute approximate surface area is 112 Å². The molecule has 3 aromatic rings. The van der Waals surface area contributed by atoms with E-state index in [2.05, 4.69) is 22.8 Å². The molecule has 96 valence electrons. The van der Waals surface area contributed by atoms with Crippen molar-refractivity contribution in [3.8, 4) is 11.4 Å². The fourth-order valence-electron chi connectivity index (χ4n) is 2.29. The van der Waals surface area contributed by atoms with Crippen molar-refractivity contribution in [2.75, 3.05) is 13.7 Å². The Morgan fingerprint density at radius 2 is 1.74 bits per heavy atom. The normalized spacial score (nSPS) is 11.0. The standard InChI is InChI=1S/C16H16N2O/c1-19-12-11-18-15-10-6-5-9-14(15)17-16(18)13-7-3-2-4-8-13/h2-10H,11-12H2,1H3. The molecule has 3 heteroatoms. The molecular formula is C16H16N2O. The van der Waals surface area contributed by atoms with Crippen LogP contribution in [-0.2, 0) is 11.3 Å². The summed E-state index contributed by atoms with van der Waals surface area (Å²) in [6.45, 7) is 1.49. The summed E-state index contributed by atoms with van der Waals surface area (Å²) in [6.07, 6.45) is 0. The molecule has 3 nitrogen and oxygen atoms in total. The fraction of sp³-hybridized carbons (Fsp3) is 0.188. The minimum absolute atomic E-state index is 0.681. The van der Waals surface area contributed by atoms with E-state index in [1.165, 1.54) is 0 Å². The summed E-state index contributed by atoms with van der Waals surface area (Å²) in [5, 5.41) is 0. The van der Waals surface area contributed by atoms with Crippen molar-refractivity contribution in [3.63, 3.8) is 0 Å². The first-order valence-electron chi connectivity index (χ1n) is 6.40. The summed E-state index contributed by atoms with van der Waals surface area (Å²) in [5.41, 5.74) is 3.31. The van der Waals surface area contributed by atoms with Crippen LogP contribution in [0.25, 0.3) is 22.4 Å². The molecule has 0 N–H and O–H groups in total. The van der Waals surface area contributed by atoms with Crippen LogP contribution in [0.5, 0.6) is 0 Å². The van der Waals surface area contributed by atoms with E-state index in [4.69, 9.17) is 9.72 Å². The Morgan fingerprint density at radius 1 is 1.00 bits per heavy atom. The van der Waals surface area contributed by atoms with E-state index in [0.29, 0.717) is 6.61 Å². The third-order valence-electron chi connectivity index (χ3n) is 3.21. The first-order chi connectivity index (χ1) is 9.40. The van der Waals surface area contributed by atoms with E-state index in [1.807, 2.05) is 36.4 Å². The largest absolute Gasteiger partial charge is 0.383 e. The monoisotopic (exact) mass is 252 g/mol. The molecule has 1 heterocycles. The molecule has 0 saturated carbocycles. The molecule has 0 radical (unpaired) electrons. The summed E-state index contributed by atoms with van der Waals surface area (Å²) in [5.74, 6) is 0.999. The summed E-state index contributed by atoms with van der Waals surface area (Å²) in [4.78, 5) is 4.74. The number of hydrogen-bond donors (Lipinski definition) is 0. The highest BCUT2D eigenvalue weighted by atomic mass is 16.5. The van der Waals surface area contributed by atoms with Crippen LogP contribution in [0.3, 0.4) is 0 Å². The maximum Gasteiger partial charge on any atom is 0.141 e. The lowest BCUT2D eigenvalue weighted by Crippen LogP contribution is -2.05. The average molecular weight is 252 g/mol. The number of nitrogens with zero attached hydrogens (tertiary/aromatic N) is 2. The molecule has 0 amide bonds. The molecule has 0 aliphatic heterocycles. The van der Waals surface area contributed by atoms with Crippen molar-refractivity contribution in [2.24, 2.45) is 0 Å². The number of methoxy groups -OCH3 is 1. The zero-order valence-corrected chi connectivity index (χ0v) is 10.9. The van der Waals surface area contributed by atoms with Gasteiger partial charge in [0.25, 0.3) is 0 Å². The van der Waals surface area contributed by atoms with Crippen LogP contribution in [0.4, 0.5) is 0 Å². The van der Waals surface area contributed by atoms with Crippen molar-refractivity contribution in [1.82, 2.24) is 9.55 Å². The smallest absolute Gasteiger partial charge is 0.141 e. The van der Waals surface area contributed by atoms with E-state index in [0.717, 1.165) is 29.0 Å². The van der Waals surface area contributed by atoms with Crippen molar-refractivity contribution in [3.05, 3.63) is 54.6 Å². The molecule has 0 atom stereocenters. The minimum Gasteiger partial charge on any atom is -0.383 e. The quantitative estimate of drug-likeness (QED) is 0.712. The lowest BCUT2D eigenvalue weighted by Gasteiger charge is -2.08. The molecule has 0 aliphatic carbocycles. The van der Waals surface area contributed by atoms with Crippen molar-refractivity contribution < 1.29 is 4.74 Å². The van der Waals surface area contributed by atoms with Crippen LogP contribution in [0, 0.1) is 0 Å². The van der Waals surface area contributed by atoms with E-state index in [1.54, 1.807) is 7.11 Å². The Hall–Kier alpha value is -2.13. The van der Waals surface area contributed by atoms with E-state index < -0.39 is 0 Å². The Balaban J connectivity index is 2.17. The van der Waals surface area contributed by atoms with Gasteiger partial charge in [0.15, 0.2) is 0 Å². The molecule has 0 unspecified atom stereocenters. The van der Waals surface area contributed by atoms with Gasteiger partial charge < -0.3 is 9.30 Å². The van der Waals surface area contributed by atoms with Crippen LogP contribution in [0.2, 0.25) is 0 Å². The number of ether oxygens (including phenoxy) is 1. The molecule has 0 bridgehead atoms. The summed E-state index contributed by atoms with van der Waals surface area (Å²) in [6, 6.07) is 18.5. The molecule has 0 saturated heterocycles. The maximum atomic E-state index is 5.21. The number of hydrogen-bond acceptors (Lipinski definition) is 2. The lowest BCUT2D eigenvalue weighted by molar-refractivity contribution is 0.188. The number of para-hydroxylation sites is 2. The molecule has 3 rings (SSSR count). The van der Waals surface area contributed by atoms with E-state index in [9.17, 15) is 0 Å². The van der Waals surface area contributed by atoms with Gasteiger partial charge in [0.05, 0.1) is 17.6 Å². The SMILES string of the molecule is COCCn1c(-c2ccccc2)nc2ccccc21. The first-order valence-corrected chi connectivity index (χ1v) is 6.40. The van der Waals surface area contributed by atoms with Crippen LogP contribution in [-0.4, -0.2) is 23.3 Å². The molecule has 1 aromatic heterocycles. The van der Waals surface area contributed by atoms with Gasteiger partial charge in [-0.3, -0.25) is 0 Å². The van der Waals surface area contributed by atoms with Gasteiger partial charge in [-0.1, -0.05) is 42.5 Å².